The minimum Gasteiger partial charge on any atom is -0.325 e. The molecule has 0 aliphatic carbocycles. The predicted octanol–water partition coefficient (Wildman–Crippen LogP) is 4.54. The van der Waals surface area contributed by atoms with Crippen LogP contribution in [0.3, 0.4) is 0 Å². The molecule has 142 valence electrons. The van der Waals surface area contributed by atoms with Crippen molar-refractivity contribution < 1.29 is 9.59 Å². The van der Waals surface area contributed by atoms with Gasteiger partial charge in [0.2, 0.25) is 5.91 Å². The lowest BCUT2D eigenvalue weighted by Gasteiger charge is -2.35. The third kappa shape index (κ3) is 3.91. The van der Waals surface area contributed by atoms with Gasteiger partial charge in [-0.3, -0.25) is 14.5 Å². The van der Waals surface area contributed by atoms with E-state index in [-0.39, 0.29) is 17.7 Å². The molecular weight excluding hydrogens is 368 g/mol. The molecule has 0 radical (unpaired) electrons. The first-order valence-electron chi connectivity index (χ1n) is 9.38. The zero-order valence-electron chi connectivity index (χ0n) is 15.7. The summed E-state index contributed by atoms with van der Waals surface area (Å²) in [5.41, 5.74) is 3.75. The van der Waals surface area contributed by atoms with Crippen molar-refractivity contribution in [3.63, 3.8) is 0 Å². The summed E-state index contributed by atoms with van der Waals surface area (Å²) in [7, 11) is 0. The second-order valence-electron chi connectivity index (χ2n) is 7.02. The first kappa shape index (κ1) is 18.6. The van der Waals surface area contributed by atoms with Crippen LogP contribution in [0, 0.1) is 0 Å². The Morgan fingerprint density at radius 2 is 1.93 bits per heavy atom. The number of carbonyl (C=O) groups is 2. The predicted molar refractivity (Wildman–Crippen MR) is 113 cm³/mol. The normalized spacial score (nSPS) is 16.4. The Morgan fingerprint density at radius 3 is 2.71 bits per heavy atom. The van der Waals surface area contributed by atoms with Crippen molar-refractivity contribution in [1.29, 1.82) is 0 Å². The molecule has 1 aliphatic heterocycles. The number of amides is 1. The molecule has 0 spiro atoms. The van der Waals surface area contributed by atoms with Crippen molar-refractivity contribution in [3.8, 4) is 0 Å². The topological polar surface area (TPSA) is 49.4 Å². The van der Waals surface area contributed by atoms with Crippen molar-refractivity contribution in [2.24, 2.45) is 0 Å². The lowest BCUT2D eigenvalue weighted by atomic mass is 9.93. The Bertz CT molecular complexity index is 997. The van der Waals surface area contributed by atoms with Gasteiger partial charge in [-0.1, -0.05) is 42.5 Å². The first-order valence-corrected chi connectivity index (χ1v) is 10.3. The van der Waals surface area contributed by atoms with Crippen LogP contribution in [-0.2, 0) is 11.2 Å². The molecule has 2 heterocycles. The third-order valence-corrected chi connectivity index (χ3v) is 6.08. The number of benzene rings is 2. The number of ketones is 1. The van der Waals surface area contributed by atoms with Crippen molar-refractivity contribution >= 4 is 28.7 Å². The van der Waals surface area contributed by atoms with E-state index >= 15 is 0 Å². The maximum atomic E-state index is 12.8. The number of anilines is 1. The van der Waals surface area contributed by atoms with Crippen LogP contribution < -0.4 is 5.32 Å². The van der Waals surface area contributed by atoms with Crippen LogP contribution in [0.4, 0.5) is 5.69 Å². The number of carbonyl (C=O) groups excluding carboxylic acids is 2. The highest BCUT2D eigenvalue weighted by Crippen LogP contribution is 2.37. The van der Waals surface area contributed by atoms with E-state index in [1.807, 2.05) is 24.3 Å². The van der Waals surface area contributed by atoms with E-state index in [2.05, 4.69) is 33.8 Å². The van der Waals surface area contributed by atoms with E-state index in [1.54, 1.807) is 29.5 Å². The van der Waals surface area contributed by atoms with Crippen LogP contribution in [0.5, 0.6) is 0 Å². The number of nitrogens with zero attached hydrogens (tertiary/aromatic N) is 1. The molecule has 0 saturated carbocycles. The summed E-state index contributed by atoms with van der Waals surface area (Å²) >= 11 is 1.79. The molecule has 0 saturated heterocycles. The number of nitrogens with one attached hydrogen (secondary N) is 1. The van der Waals surface area contributed by atoms with Gasteiger partial charge >= 0.3 is 0 Å². The van der Waals surface area contributed by atoms with E-state index in [4.69, 9.17) is 0 Å². The van der Waals surface area contributed by atoms with Gasteiger partial charge in [0.25, 0.3) is 0 Å². The monoisotopic (exact) mass is 390 g/mol. The summed E-state index contributed by atoms with van der Waals surface area (Å²) in [6.45, 7) is 2.67. The fraction of sp³-hybridized carbons (Fsp3) is 0.217. The lowest BCUT2D eigenvalue weighted by Crippen LogP contribution is -2.40. The molecule has 4 nitrogen and oxygen atoms in total. The Morgan fingerprint density at radius 1 is 1.11 bits per heavy atom. The number of hydrogen-bond donors (Lipinski definition) is 1. The van der Waals surface area contributed by atoms with Crippen LogP contribution in [0.25, 0.3) is 0 Å². The number of Topliss-reactive ketones (excluding diaryl/α,β-unsaturated/α-hetero) is 1. The molecule has 0 bridgehead atoms. The van der Waals surface area contributed by atoms with E-state index in [0.29, 0.717) is 17.8 Å². The molecule has 1 aromatic heterocycles. The number of rotatable bonds is 5. The summed E-state index contributed by atoms with van der Waals surface area (Å²) in [6.07, 6.45) is 0.962. The molecule has 0 fully saturated rings. The molecule has 1 atom stereocenters. The molecule has 3 aromatic rings. The highest BCUT2D eigenvalue weighted by Gasteiger charge is 2.30. The molecule has 2 aromatic carbocycles. The molecule has 1 aliphatic rings. The molecule has 4 rings (SSSR count). The van der Waals surface area contributed by atoms with Crippen molar-refractivity contribution in [2.45, 2.75) is 19.4 Å². The highest BCUT2D eigenvalue weighted by molar-refractivity contribution is 7.10. The van der Waals surface area contributed by atoms with Gasteiger partial charge in [0.15, 0.2) is 5.78 Å². The Hall–Kier alpha value is -2.76. The van der Waals surface area contributed by atoms with Gasteiger partial charge in [-0.05, 0) is 48.1 Å². The van der Waals surface area contributed by atoms with Gasteiger partial charge < -0.3 is 5.32 Å². The van der Waals surface area contributed by atoms with E-state index in [0.717, 1.165) is 13.0 Å². The van der Waals surface area contributed by atoms with Gasteiger partial charge in [-0.2, -0.15) is 0 Å². The molecule has 1 unspecified atom stereocenters. The quantitative estimate of drug-likeness (QED) is 0.651. The van der Waals surface area contributed by atoms with Gasteiger partial charge in [0, 0.05) is 22.7 Å². The van der Waals surface area contributed by atoms with Gasteiger partial charge in [-0.15, -0.1) is 11.3 Å². The molecule has 28 heavy (non-hydrogen) atoms. The molecule has 1 amide bonds. The molecule has 5 heteroatoms. The fourth-order valence-electron chi connectivity index (χ4n) is 3.77. The summed E-state index contributed by atoms with van der Waals surface area (Å²) in [5, 5.41) is 5.08. The fourth-order valence-corrected chi connectivity index (χ4v) is 4.67. The van der Waals surface area contributed by atoms with Gasteiger partial charge in [0.05, 0.1) is 12.6 Å². The maximum absolute atomic E-state index is 12.8. The smallest absolute Gasteiger partial charge is 0.238 e. The number of thiophene rings is 1. The summed E-state index contributed by atoms with van der Waals surface area (Å²) < 4.78 is 0. The SMILES string of the molecule is CC(=O)c1cccc(NC(=O)CN2CCc3sccc3C2c2ccccc2)c1. The minimum absolute atomic E-state index is 0.0127. The standard InChI is InChI=1S/C23H22N2O2S/c1-16(26)18-8-5-9-19(14-18)24-22(27)15-25-12-10-21-20(11-13-28-21)23(25)17-6-3-2-4-7-17/h2-9,11,13-14,23H,10,12,15H2,1H3,(H,24,27). The third-order valence-electron chi connectivity index (χ3n) is 5.08. The molecule has 1 N–H and O–H groups in total. The average molecular weight is 391 g/mol. The van der Waals surface area contributed by atoms with Gasteiger partial charge in [0.1, 0.15) is 0 Å². The first-order chi connectivity index (χ1) is 13.6. The summed E-state index contributed by atoms with van der Waals surface area (Å²) in [5.74, 6) is -0.0819. The zero-order valence-corrected chi connectivity index (χ0v) is 16.5. The van der Waals surface area contributed by atoms with E-state index < -0.39 is 0 Å². The largest absolute Gasteiger partial charge is 0.325 e. The number of fused-ring (bicyclic) bond motifs is 1. The summed E-state index contributed by atoms with van der Waals surface area (Å²) in [4.78, 5) is 28.0. The van der Waals surface area contributed by atoms with Crippen molar-refractivity contribution in [3.05, 3.63) is 87.6 Å². The maximum Gasteiger partial charge on any atom is 0.238 e. The molecular formula is C23H22N2O2S. The van der Waals surface area contributed by atoms with Crippen LogP contribution in [0.2, 0.25) is 0 Å². The van der Waals surface area contributed by atoms with Gasteiger partial charge in [-0.25, -0.2) is 0 Å². The van der Waals surface area contributed by atoms with E-state index in [1.165, 1.54) is 22.9 Å². The van der Waals surface area contributed by atoms with Crippen molar-refractivity contribution in [2.75, 3.05) is 18.4 Å². The van der Waals surface area contributed by atoms with Crippen LogP contribution >= 0.6 is 11.3 Å². The second-order valence-corrected chi connectivity index (χ2v) is 8.02. The highest BCUT2D eigenvalue weighted by atomic mass is 32.1. The van der Waals surface area contributed by atoms with E-state index in [9.17, 15) is 9.59 Å². The van der Waals surface area contributed by atoms with Crippen LogP contribution in [0.15, 0.2) is 66.0 Å². The Balaban J connectivity index is 1.54. The Labute approximate surface area is 168 Å². The summed E-state index contributed by atoms with van der Waals surface area (Å²) in [6, 6.07) is 19.7. The number of hydrogen-bond acceptors (Lipinski definition) is 4. The van der Waals surface area contributed by atoms with Crippen LogP contribution in [0.1, 0.15) is 39.3 Å². The van der Waals surface area contributed by atoms with Crippen molar-refractivity contribution in [1.82, 2.24) is 4.90 Å². The Kier molecular flexibility index (Phi) is 5.37. The van der Waals surface area contributed by atoms with Crippen LogP contribution in [-0.4, -0.2) is 29.7 Å². The second kappa shape index (κ2) is 8.09. The lowest BCUT2D eigenvalue weighted by molar-refractivity contribution is -0.117. The average Bonchev–Trinajstić information content (AvgIpc) is 3.17. The minimum atomic E-state index is -0.0692. The zero-order chi connectivity index (χ0) is 19.5.